The maximum Gasteiger partial charge on any atom is 0.259 e. The molecule has 0 saturated carbocycles. The van der Waals surface area contributed by atoms with Gasteiger partial charge in [0, 0.05) is 51.5 Å². The van der Waals surface area contributed by atoms with Gasteiger partial charge in [0.15, 0.2) is 5.82 Å². The van der Waals surface area contributed by atoms with Crippen LogP contribution in [-0.2, 0) is 6.54 Å². The normalized spacial score (nSPS) is 14.5. The molecule has 0 aliphatic carbocycles. The van der Waals surface area contributed by atoms with E-state index >= 15 is 0 Å². The summed E-state index contributed by atoms with van der Waals surface area (Å²) in [5, 5.41) is 0. The molecule has 0 bridgehead atoms. The summed E-state index contributed by atoms with van der Waals surface area (Å²) >= 11 is 0. The van der Waals surface area contributed by atoms with Crippen molar-refractivity contribution in [3.63, 3.8) is 0 Å². The highest BCUT2D eigenvalue weighted by Gasteiger charge is 2.25. The Labute approximate surface area is 177 Å². The number of nitrogens with zero attached hydrogens (tertiary/aromatic N) is 5. The topological polar surface area (TPSA) is 52.6 Å². The Hall–Kier alpha value is -3.25. The highest BCUT2D eigenvalue weighted by atomic mass is 16.2. The lowest BCUT2D eigenvalue weighted by Crippen LogP contribution is -2.47. The predicted molar refractivity (Wildman–Crippen MR) is 119 cm³/mol. The van der Waals surface area contributed by atoms with Crippen molar-refractivity contribution in [1.29, 1.82) is 0 Å². The number of carbonyl (C=O) groups excluding carboxylic acids is 1. The first-order valence-corrected chi connectivity index (χ1v) is 10.3. The van der Waals surface area contributed by atoms with Crippen LogP contribution in [0.3, 0.4) is 0 Å². The van der Waals surface area contributed by atoms with Crippen LogP contribution in [0.4, 0.5) is 5.82 Å². The van der Waals surface area contributed by atoms with Gasteiger partial charge in [-0.3, -0.25) is 4.79 Å². The van der Waals surface area contributed by atoms with Crippen molar-refractivity contribution in [3.8, 4) is 11.4 Å². The van der Waals surface area contributed by atoms with Gasteiger partial charge < -0.3 is 14.7 Å². The van der Waals surface area contributed by atoms with Crippen LogP contribution in [0.2, 0.25) is 0 Å². The van der Waals surface area contributed by atoms with E-state index in [1.54, 1.807) is 6.20 Å². The van der Waals surface area contributed by atoms with Crippen LogP contribution in [-0.4, -0.2) is 65.9 Å². The maximum atomic E-state index is 13.3. The molecule has 0 unspecified atom stereocenters. The van der Waals surface area contributed by atoms with Crippen molar-refractivity contribution in [1.82, 2.24) is 19.8 Å². The summed E-state index contributed by atoms with van der Waals surface area (Å²) in [6, 6.07) is 20.1. The van der Waals surface area contributed by atoms with Gasteiger partial charge in [-0.2, -0.15) is 0 Å². The highest BCUT2D eigenvalue weighted by Crippen LogP contribution is 2.24. The molecule has 30 heavy (non-hydrogen) atoms. The number of amides is 1. The molecule has 0 radical (unpaired) electrons. The van der Waals surface area contributed by atoms with Gasteiger partial charge >= 0.3 is 0 Å². The quantitative estimate of drug-likeness (QED) is 0.657. The molecule has 1 aliphatic rings. The second kappa shape index (κ2) is 9.05. The van der Waals surface area contributed by atoms with Gasteiger partial charge in [-0.05, 0) is 12.6 Å². The minimum absolute atomic E-state index is 0.00220. The Bertz CT molecular complexity index is 985. The van der Waals surface area contributed by atoms with E-state index < -0.39 is 0 Å². The van der Waals surface area contributed by atoms with E-state index in [-0.39, 0.29) is 5.91 Å². The minimum Gasteiger partial charge on any atom is -0.355 e. The first kappa shape index (κ1) is 20.0. The van der Waals surface area contributed by atoms with Gasteiger partial charge in [0.05, 0.1) is 0 Å². The zero-order chi connectivity index (χ0) is 20.9. The molecule has 3 aromatic rings. The van der Waals surface area contributed by atoms with Crippen LogP contribution in [0.1, 0.15) is 15.9 Å². The van der Waals surface area contributed by atoms with Gasteiger partial charge in [0.2, 0.25) is 0 Å². The van der Waals surface area contributed by atoms with E-state index in [0.717, 1.165) is 37.3 Å². The monoisotopic (exact) mass is 401 g/mol. The number of hydrogen-bond acceptors (Lipinski definition) is 5. The molecule has 2 aromatic carbocycles. The zero-order valence-corrected chi connectivity index (χ0v) is 17.5. The minimum atomic E-state index is -0.00220. The maximum absolute atomic E-state index is 13.3. The lowest BCUT2D eigenvalue weighted by atomic mass is 10.1. The second-order valence-corrected chi connectivity index (χ2v) is 7.73. The molecule has 154 valence electrons. The van der Waals surface area contributed by atoms with Crippen LogP contribution in [0.25, 0.3) is 11.4 Å². The van der Waals surface area contributed by atoms with Crippen LogP contribution in [0, 0.1) is 0 Å². The summed E-state index contributed by atoms with van der Waals surface area (Å²) in [5.41, 5.74) is 2.65. The third-order valence-corrected chi connectivity index (χ3v) is 5.45. The van der Waals surface area contributed by atoms with Crippen molar-refractivity contribution in [3.05, 3.63) is 78.0 Å². The summed E-state index contributed by atoms with van der Waals surface area (Å²) in [6.07, 6.45) is 1.69. The van der Waals surface area contributed by atoms with Crippen LogP contribution >= 0.6 is 0 Å². The van der Waals surface area contributed by atoms with Crippen molar-refractivity contribution in [2.45, 2.75) is 6.54 Å². The number of piperazine rings is 1. The summed E-state index contributed by atoms with van der Waals surface area (Å²) in [6.45, 7) is 3.86. The molecule has 1 aliphatic heterocycles. The summed E-state index contributed by atoms with van der Waals surface area (Å²) < 4.78 is 0. The molecule has 2 heterocycles. The van der Waals surface area contributed by atoms with E-state index in [0.29, 0.717) is 23.8 Å². The Morgan fingerprint density at radius 1 is 0.967 bits per heavy atom. The summed E-state index contributed by atoms with van der Waals surface area (Å²) in [5.74, 6) is 1.29. The zero-order valence-electron chi connectivity index (χ0n) is 17.5. The van der Waals surface area contributed by atoms with E-state index in [1.807, 2.05) is 65.4 Å². The number of carbonyl (C=O) groups is 1. The lowest BCUT2D eigenvalue weighted by molar-refractivity contribution is 0.0664. The molecular formula is C24H27N5O. The molecule has 0 atom stereocenters. The van der Waals surface area contributed by atoms with Gasteiger partial charge in [-0.25, -0.2) is 9.97 Å². The smallest absolute Gasteiger partial charge is 0.259 e. The van der Waals surface area contributed by atoms with Crippen molar-refractivity contribution in [2.75, 3.05) is 45.2 Å². The molecule has 1 saturated heterocycles. The van der Waals surface area contributed by atoms with Gasteiger partial charge in [0.1, 0.15) is 11.4 Å². The molecule has 1 fully saturated rings. The average molecular weight is 402 g/mol. The number of hydrogen-bond donors (Lipinski definition) is 0. The molecule has 1 amide bonds. The number of anilines is 1. The van der Waals surface area contributed by atoms with Crippen LogP contribution < -0.4 is 4.90 Å². The summed E-state index contributed by atoms with van der Waals surface area (Å²) in [4.78, 5) is 28.9. The predicted octanol–water partition coefficient (Wildman–Crippen LogP) is 3.17. The Kier molecular flexibility index (Phi) is 6.05. The number of likely N-dealkylation sites (N-methyl/N-ethyl adjacent to an activating group) is 1. The Morgan fingerprint density at radius 3 is 2.27 bits per heavy atom. The van der Waals surface area contributed by atoms with Crippen LogP contribution in [0.15, 0.2) is 66.9 Å². The molecular weight excluding hydrogens is 374 g/mol. The lowest BCUT2D eigenvalue weighted by Gasteiger charge is -2.33. The van der Waals surface area contributed by atoms with E-state index in [2.05, 4.69) is 29.1 Å². The fourth-order valence-electron chi connectivity index (χ4n) is 3.65. The molecule has 0 spiro atoms. The van der Waals surface area contributed by atoms with Crippen molar-refractivity contribution < 1.29 is 4.79 Å². The Balaban J connectivity index is 1.68. The molecule has 0 N–H and O–H groups in total. The molecule has 6 heteroatoms. The number of rotatable bonds is 5. The van der Waals surface area contributed by atoms with Crippen LogP contribution in [0.5, 0.6) is 0 Å². The van der Waals surface area contributed by atoms with E-state index in [9.17, 15) is 4.79 Å². The molecule has 4 rings (SSSR count). The van der Waals surface area contributed by atoms with Gasteiger partial charge in [-0.1, -0.05) is 60.7 Å². The third-order valence-electron chi connectivity index (χ3n) is 5.45. The fraction of sp³-hybridized carbons (Fsp3) is 0.292. The first-order chi connectivity index (χ1) is 14.6. The summed E-state index contributed by atoms with van der Waals surface area (Å²) in [7, 11) is 4.06. The van der Waals surface area contributed by atoms with Gasteiger partial charge in [0.25, 0.3) is 5.91 Å². The average Bonchev–Trinajstić information content (AvgIpc) is 2.80. The number of aromatic nitrogens is 2. The van der Waals surface area contributed by atoms with Crippen molar-refractivity contribution >= 4 is 11.7 Å². The SMILES string of the molecule is CN1CCN(C(=O)c2cnc(-c3ccccc3)nc2N(C)Cc2ccccc2)CC1. The second-order valence-electron chi connectivity index (χ2n) is 7.73. The first-order valence-electron chi connectivity index (χ1n) is 10.3. The standard InChI is InChI=1S/C24H27N5O/c1-27-13-15-29(16-14-27)24(30)21-17-25-22(20-11-7-4-8-12-20)26-23(21)28(2)18-19-9-5-3-6-10-19/h3-12,17H,13-16,18H2,1-2H3. The van der Waals surface area contributed by atoms with Crippen molar-refractivity contribution in [2.24, 2.45) is 0 Å². The third kappa shape index (κ3) is 4.49. The van der Waals surface area contributed by atoms with E-state index in [1.165, 1.54) is 0 Å². The number of benzene rings is 2. The Morgan fingerprint density at radius 2 is 1.60 bits per heavy atom. The molecule has 1 aromatic heterocycles. The fourth-order valence-corrected chi connectivity index (χ4v) is 3.65. The largest absolute Gasteiger partial charge is 0.355 e. The van der Waals surface area contributed by atoms with E-state index in [4.69, 9.17) is 4.98 Å². The van der Waals surface area contributed by atoms with Gasteiger partial charge in [-0.15, -0.1) is 0 Å². The molecule has 6 nitrogen and oxygen atoms in total. The highest BCUT2D eigenvalue weighted by molar-refractivity contribution is 5.99.